The summed E-state index contributed by atoms with van der Waals surface area (Å²) in [6.07, 6.45) is 2.97. The number of anilines is 1. The molecule has 3 N–H and O–H groups in total. The molecule has 0 unspecified atom stereocenters. The Kier molecular flexibility index (Phi) is 6.07. The highest BCUT2D eigenvalue weighted by molar-refractivity contribution is 5.91. The smallest absolute Gasteiger partial charge is 0.258 e. The zero-order chi connectivity index (χ0) is 22.6. The lowest BCUT2D eigenvalue weighted by Gasteiger charge is -2.19. The molecule has 7 heteroatoms. The first-order valence-corrected chi connectivity index (χ1v) is 10.5. The van der Waals surface area contributed by atoms with Crippen molar-refractivity contribution in [1.29, 1.82) is 5.41 Å². The molecule has 2 heterocycles. The van der Waals surface area contributed by atoms with Gasteiger partial charge in [0.05, 0.1) is 18.6 Å². The lowest BCUT2D eigenvalue weighted by molar-refractivity contribution is 0.305. The summed E-state index contributed by atoms with van der Waals surface area (Å²) in [5.74, 6) is 1.42. The van der Waals surface area contributed by atoms with E-state index in [2.05, 4.69) is 29.5 Å². The van der Waals surface area contributed by atoms with Gasteiger partial charge in [-0.3, -0.25) is 14.4 Å². The highest BCUT2D eigenvalue weighted by Crippen LogP contribution is 2.19. The maximum atomic E-state index is 12.7. The number of aliphatic imine (C=N–C) groups is 1. The molecule has 3 aromatic rings. The van der Waals surface area contributed by atoms with Crippen LogP contribution in [-0.4, -0.2) is 35.2 Å². The molecular formula is C25H27N5O2. The van der Waals surface area contributed by atoms with Crippen LogP contribution in [0.25, 0.3) is 5.69 Å². The predicted molar refractivity (Wildman–Crippen MR) is 129 cm³/mol. The van der Waals surface area contributed by atoms with E-state index in [1.54, 1.807) is 12.3 Å². The Hall–Kier alpha value is -3.87. The van der Waals surface area contributed by atoms with Crippen molar-refractivity contribution in [2.24, 2.45) is 4.99 Å². The Morgan fingerprint density at radius 2 is 2.00 bits per heavy atom. The van der Waals surface area contributed by atoms with E-state index in [9.17, 15) is 4.79 Å². The fraction of sp³-hybridized carbons (Fsp3) is 0.240. The summed E-state index contributed by atoms with van der Waals surface area (Å²) in [5.41, 5.74) is 3.01. The first-order chi connectivity index (χ1) is 15.4. The lowest BCUT2D eigenvalue weighted by Crippen LogP contribution is -2.41. The molecule has 0 spiro atoms. The standard InChI is InChI=1S/C25H27N5O2/c1-25(2)17-28-23(29-25)15-27-22-9-8-20(12-19(22)14-26)30-11-10-21(13-24(30)31)32-16-18-6-4-3-5-7-18/h3-14,26-27H,15-17H2,1-2H3,(H,28,29). The van der Waals surface area contributed by atoms with Gasteiger partial charge in [-0.05, 0) is 43.7 Å². The third-order valence-corrected chi connectivity index (χ3v) is 5.20. The van der Waals surface area contributed by atoms with Crippen LogP contribution in [0.4, 0.5) is 5.69 Å². The molecule has 0 aliphatic carbocycles. The van der Waals surface area contributed by atoms with Crippen molar-refractivity contribution in [3.8, 4) is 11.4 Å². The molecule has 0 saturated heterocycles. The average Bonchev–Trinajstić information content (AvgIpc) is 3.15. The first-order valence-electron chi connectivity index (χ1n) is 10.5. The molecule has 1 aliphatic heterocycles. The van der Waals surface area contributed by atoms with E-state index in [1.165, 1.54) is 16.8 Å². The number of amidine groups is 1. The summed E-state index contributed by atoms with van der Waals surface area (Å²) >= 11 is 0. The van der Waals surface area contributed by atoms with Gasteiger partial charge in [0.25, 0.3) is 5.56 Å². The molecule has 32 heavy (non-hydrogen) atoms. The van der Waals surface area contributed by atoms with Crippen LogP contribution >= 0.6 is 0 Å². The van der Waals surface area contributed by atoms with Gasteiger partial charge in [-0.15, -0.1) is 0 Å². The zero-order valence-electron chi connectivity index (χ0n) is 18.3. The van der Waals surface area contributed by atoms with E-state index in [-0.39, 0.29) is 11.1 Å². The van der Waals surface area contributed by atoms with Crippen molar-refractivity contribution in [2.75, 3.05) is 18.4 Å². The van der Waals surface area contributed by atoms with Crippen molar-refractivity contribution in [1.82, 2.24) is 9.88 Å². The molecule has 1 aromatic heterocycles. The number of pyridine rings is 1. The van der Waals surface area contributed by atoms with E-state index >= 15 is 0 Å². The predicted octanol–water partition coefficient (Wildman–Crippen LogP) is 3.61. The minimum atomic E-state index is -0.195. The number of hydrogen-bond donors (Lipinski definition) is 3. The normalized spacial score (nSPS) is 14.4. The van der Waals surface area contributed by atoms with Crippen molar-refractivity contribution >= 4 is 17.7 Å². The minimum absolute atomic E-state index is 0.0244. The molecule has 0 saturated carbocycles. The average molecular weight is 430 g/mol. The second-order valence-corrected chi connectivity index (χ2v) is 8.39. The van der Waals surface area contributed by atoms with Gasteiger partial charge in [0.1, 0.15) is 18.2 Å². The van der Waals surface area contributed by atoms with Crippen LogP contribution < -0.4 is 20.9 Å². The summed E-state index contributed by atoms with van der Waals surface area (Å²) in [7, 11) is 0. The Labute approximate surface area is 187 Å². The molecule has 0 fully saturated rings. The second-order valence-electron chi connectivity index (χ2n) is 8.39. The van der Waals surface area contributed by atoms with Gasteiger partial charge in [0.15, 0.2) is 0 Å². The van der Waals surface area contributed by atoms with Crippen LogP contribution in [0.3, 0.4) is 0 Å². The number of aromatic nitrogens is 1. The zero-order valence-corrected chi connectivity index (χ0v) is 18.3. The highest BCUT2D eigenvalue weighted by atomic mass is 16.5. The molecule has 2 aromatic carbocycles. The quantitative estimate of drug-likeness (QED) is 0.477. The van der Waals surface area contributed by atoms with Gasteiger partial charge >= 0.3 is 0 Å². The van der Waals surface area contributed by atoms with Gasteiger partial charge in [0, 0.05) is 35.4 Å². The Bertz CT molecular complexity index is 1200. The van der Waals surface area contributed by atoms with Crippen LogP contribution in [0.1, 0.15) is 25.0 Å². The largest absolute Gasteiger partial charge is 0.489 e. The van der Waals surface area contributed by atoms with Crippen molar-refractivity contribution in [3.63, 3.8) is 0 Å². The molecule has 0 radical (unpaired) electrons. The van der Waals surface area contributed by atoms with Crippen LogP contribution in [0.15, 0.2) is 76.6 Å². The molecule has 1 aliphatic rings. The number of nitrogens with zero attached hydrogens (tertiary/aromatic N) is 2. The SMILES string of the molecule is CC1(C)CN=C(CNc2ccc(-n3ccc(OCc4ccccc4)cc3=O)cc2C=N)N1. The van der Waals surface area contributed by atoms with Crippen LogP contribution in [-0.2, 0) is 6.61 Å². The van der Waals surface area contributed by atoms with E-state index in [0.29, 0.717) is 30.2 Å². The molecule has 0 bridgehead atoms. The van der Waals surface area contributed by atoms with Gasteiger partial charge in [-0.1, -0.05) is 30.3 Å². The third kappa shape index (κ3) is 5.06. The monoisotopic (exact) mass is 429 g/mol. The number of nitrogens with one attached hydrogen (secondary N) is 3. The number of hydrogen-bond acceptors (Lipinski definition) is 6. The second kappa shape index (κ2) is 9.09. The Morgan fingerprint density at radius 3 is 2.69 bits per heavy atom. The lowest BCUT2D eigenvalue weighted by atomic mass is 10.1. The molecule has 7 nitrogen and oxygen atoms in total. The molecule has 0 atom stereocenters. The molecular weight excluding hydrogens is 402 g/mol. The molecule has 164 valence electrons. The van der Waals surface area contributed by atoms with Gasteiger partial charge in [0.2, 0.25) is 0 Å². The van der Waals surface area contributed by atoms with Crippen molar-refractivity contribution in [2.45, 2.75) is 26.0 Å². The van der Waals surface area contributed by atoms with Gasteiger partial charge < -0.3 is 20.8 Å². The van der Waals surface area contributed by atoms with Gasteiger partial charge in [-0.25, -0.2) is 0 Å². The van der Waals surface area contributed by atoms with E-state index in [1.807, 2.05) is 48.5 Å². The Morgan fingerprint density at radius 1 is 1.19 bits per heavy atom. The van der Waals surface area contributed by atoms with E-state index < -0.39 is 0 Å². The fourth-order valence-electron chi connectivity index (χ4n) is 3.53. The summed E-state index contributed by atoms with van der Waals surface area (Å²) in [4.78, 5) is 17.2. The van der Waals surface area contributed by atoms with E-state index in [4.69, 9.17) is 10.1 Å². The molecule has 4 rings (SSSR count). The highest BCUT2D eigenvalue weighted by Gasteiger charge is 2.24. The maximum Gasteiger partial charge on any atom is 0.258 e. The summed E-state index contributed by atoms with van der Waals surface area (Å²) < 4.78 is 7.29. The fourth-order valence-corrected chi connectivity index (χ4v) is 3.53. The van der Waals surface area contributed by atoms with Crippen molar-refractivity contribution in [3.05, 3.63) is 88.3 Å². The number of rotatable bonds is 8. The number of benzene rings is 2. The van der Waals surface area contributed by atoms with Gasteiger partial charge in [-0.2, -0.15) is 0 Å². The van der Waals surface area contributed by atoms with Crippen molar-refractivity contribution < 1.29 is 4.74 Å². The topological polar surface area (TPSA) is 91.5 Å². The minimum Gasteiger partial charge on any atom is -0.489 e. The van der Waals surface area contributed by atoms with Crippen LogP contribution in [0.5, 0.6) is 5.75 Å². The summed E-state index contributed by atoms with van der Waals surface area (Å²) in [6.45, 7) is 5.92. The summed E-state index contributed by atoms with van der Waals surface area (Å²) in [5, 5.41) is 14.5. The van der Waals surface area contributed by atoms with Crippen LogP contribution in [0, 0.1) is 5.41 Å². The van der Waals surface area contributed by atoms with Crippen LogP contribution in [0.2, 0.25) is 0 Å². The van der Waals surface area contributed by atoms with E-state index in [0.717, 1.165) is 23.6 Å². The number of ether oxygens (including phenoxy) is 1. The third-order valence-electron chi connectivity index (χ3n) is 5.20. The molecule has 0 amide bonds. The maximum absolute atomic E-state index is 12.7. The Balaban J connectivity index is 1.46. The first kappa shape index (κ1) is 21.4. The summed E-state index contributed by atoms with van der Waals surface area (Å²) in [6, 6.07) is 18.6.